The number of phosphoric ester groups is 2. The predicted octanol–water partition coefficient (Wildman–Crippen LogP) is 19.2. The third-order valence-electron chi connectivity index (χ3n) is 16.4. The fourth-order valence-electron chi connectivity index (χ4n) is 10.2. The van der Waals surface area contributed by atoms with Gasteiger partial charge in [0, 0.05) is 25.7 Å². The molecule has 4 unspecified atom stereocenters. The molecule has 0 aromatic heterocycles. The summed E-state index contributed by atoms with van der Waals surface area (Å²) in [5.74, 6) is -0.508. The van der Waals surface area contributed by atoms with E-state index in [0.717, 1.165) is 108 Å². The van der Waals surface area contributed by atoms with Crippen molar-refractivity contribution >= 4 is 39.5 Å². The first-order valence-corrected chi connectivity index (χ1v) is 38.6. The highest BCUT2D eigenvalue weighted by molar-refractivity contribution is 7.47. The molecule has 0 aliphatic carbocycles. The average Bonchev–Trinajstić information content (AvgIpc) is 3.71. The second-order valence-corrected chi connectivity index (χ2v) is 28.0. The first-order chi connectivity index (χ1) is 41.9. The zero-order valence-corrected chi connectivity index (χ0v) is 58.1. The molecule has 0 saturated heterocycles. The van der Waals surface area contributed by atoms with Crippen LogP contribution >= 0.6 is 15.6 Å². The van der Waals surface area contributed by atoms with Crippen molar-refractivity contribution in [3.8, 4) is 0 Å². The van der Waals surface area contributed by atoms with Gasteiger partial charge in [-0.25, -0.2) is 9.13 Å². The van der Waals surface area contributed by atoms with E-state index in [4.69, 9.17) is 37.0 Å². The van der Waals surface area contributed by atoms with Gasteiger partial charge in [0.15, 0.2) is 12.2 Å². The topological polar surface area (TPSA) is 237 Å². The molecule has 87 heavy (non-hydrogen) atoms. The van der Waals surface area contributed by atoms with Crippen LogP contribution in [-0.2, 0) is 65.4 Å². The lowest BCUT2D eigenvalue weighted by atomic mass is 9.99. The Morgan fingerprint density at radius 1 is 0.322 bits per heavy atom. The molecule has 17 nitrogen and oxygen atoms in total. The standard InChI is InChI=1S/C68H132O17P2/c1-7-11-13-15-17-25-34-40-46-52-67(72)84-63(56-78-65(70)50-44-38-32-18-16-14-12-8-2)58-82-86(74,75)80-54-62(69)55-81-87(76,77)83-59-64(57-79-66(71)51-45-39-33-29-28-31-37-43-49-61(6)10-4)85-68(73)53-47-41-35-27-24-22-20-19-21-23-26-30-36-42-48-60(5)9-3/h60-64,69H,7-59H2,1-6H3,(H,74,75)(H,76,77)/t60?,61?,62-,63+,64+/m0/s1. The maximum absolute atomic E-state index is 13.0. The summed E-state index contributed by atoms with van der Waals surface area (Å²) in [6, 6.07) is 0. The average molecular weight is 1280 g/mol. The Bertz CT molecular complexity index is 1700. The van der Waals surface area contributed by atoms with E-state index in [1.54, 1.807) is 0 Å². The van der Waals surface area contributed by atoms with Gasteiger partial charge in [0.2, 0.25) is 0 Å². The lowest BCUT2D eigenvalue weighted by Gasteiger charge is -2.21. The van der Waals surface area contributed by atoms with E-state index in [0.29, 0.717) is 25.7 Å². The molecule has 0 aliphatic rings. The molecule has 0 saturated carbocycles. The number of phosphoric acid groups is 2. The van der Waals surface area contributed by atoms with Crippen molar-refractivity contribution < 1.29 is 80.2 Å². The first-order valence-electron chi connectivity index (χ1n) is 35.6. The summed E-state index contributed by atoms with van der Waals surface area (Å²) >= 11 is 0. The summed E-state index contributed by atoms with van der Waals surface area (Å²) in [7, 11) is -9.89. The first kappa shape index (κ1) is 85.1. The Morgan fingerprint density at radius 3 is 0.816 bits per heavy atom. The Kier molecular flexibility index (Phi) is 59.0. The number of aliphatic hydroxyl groups is 1. The number of rotatable bonds is 67. The van der Waals surface area contributed by atoms with Crippen molar-refractivity contribution in [3.05, 3.63) is 0 Å². The van der Waals surface area contributed by atoms with Crippen LogP contribution in [0, 0.1) is 11.8 Å². The smallest absolute Gasteiger partial charge is 0.462 e. The molecule has 0 heterocycles. The Labute approximate surface area is 530 Å². The minimum Gasteiger partial charge on any atom is -0.462 e. The van der Waals surface area contributed by atoms with Gasteiger partial charge < -0.3 is 33.8 Å². The molecule has 0 amide bonds. The number of aliphatic hydroxyl groups excluding tert-OH is 1. The molecule has 3 N–H and O–H groups in total. The van der Waals surface area contributed by atoms with Gasteiger partial charge in [-0.15, -0.1) is 0 Å². The predicted molar refractivity (Wildman–Crippen MR) is 349 cm³/mol. The van der Waals surface area contributed by atoms with Crippen LogP contribution in [0.5, 0.6) is 0 Å². The summed E-state index contributed by atoms with van der Waals surface area (Å²) in [6.07, 6.45) is 44.4. The van der Waals surface area contributed by atoms with E-state index in [1.807, 2.05) is 0 Å². The molecule has 516 valence electrons. The molecule has 0 bridgehead atoms. The summed E-state index contributed by atoms with van der Waals surface area (Å²) in [4.78, 5) is 72.3. The maximum Gasteiger partial charge on any atom is 0.472 e. The quantitative estimate of drug-likeness (QED) is 0.0222. The second kappa shape index (κ2) is 60.3. The number of unbranched alkanes of at least 4 members (excludes halogenated alkanes) is 35. The van der Waals surface area contributed by atoms with Gasteiger partial charge in [0.25, 0.3) is 0 Å². The van der Waals surface area contributed by atoms with Crippen LogP contribution < -0.4 is 0 Å². The van der Waals surface area contributed by atoms with E-state index in [1.165, 1.54) is 154 Å². The third kappa shape index (κ3) is 60.1. The maximum atomic E-state index is 13.0. The van der Waals surface area contributed by atoms with Crippen LogP contribution in [-0.4, -0.2) is 96.7 Å². The van der Waals surface area contributed by atoms with E-state index in [9.17, 15) is 43.2 Å². The second-order valence-electron chi connectivity index (χ2n) is 25.0. The van der Waals surface area contributed by atoms with Crippen molar-refractivity contribution in [2.24, 2.45) is 11.8 Å². The fraction of sp³-hybridized carbons (Fsp3) is 0.941. The van der Waals surface area contributed by atoms with Gasteiger partial charge in [-0.05, 0) is 37.5 Å². The highest BCUT2D eigenvalue weighted by Crippen LogP contribution is 2.45. The number of carbonyl (C=O) groups excluding carboxylic acids is 4. The molecule has 0 rings (SSSR count). The zero-order valence-electron chi connectivity index (χ0n) is 56.3. The lowest BCUT2D eigenvalue weighted by molar-refractivity contribution is -0.161. The van der Waals surface area contributed by atoms with Crippen molar-refractivity contribution in [2.75, 3.05) is 39.6 Å². The van der Waals surface area contributed by atoms with Crippen molar-refractivity contribution in [2.45, 2.75) is 362 Å². The molecular formula is C68H132O17P2. The molecule has 0 aromatic carbocycles. The van der Waals surface area contributed by atoms with E-state index >= 15 is 0 Å². The minimum absolute atomic E-state index is 0.105. The molecule has 0 spiro atoms. The van der Waals surface area contributed by atoms with Gasteiger partial charge in [-0.3, -0.25) is 37.3 Å². The number of carbonyl (C=O) groups is 4. The third-order valence-corrected chi connectivity index (χ3v) is 18.3. The number of esters is 4. The number of ether oxygens (including phenoxy) is 4. The van der Waals surface area contributed by atoms with Crippen LogP contribution in [0.3, 0.4) is 0 Å². The normalized spacial score (nSPS) is 14.8. The highest BCUT2D eigenvalue weighted by Gasteiger charge is 2.30. The molecule has 0 aliphatic heterocycles. The molecule has 0 fully saturated rings. The molecule has 0 radical (unpaired) electrons. The van der Waals surface area contributed by atoms with E-state index in [2.05, 4.69) is 41.5 Å². The van der Waals surface area contributed by atoms with Gasteiger partial charge in [-0.2, -0.15) is 0 Å². The number of hydrogen-bond acceptors (Lipinski definition) is 15. The van der Waals surface area contributed by atoms with Crippen LogP contribution in [0.4, 0.5) is 0 Å². The van der Waals surface area contributed by atoms with E-state index < -0.39 is 97.5 Å². The Hall–Kier alpha value is -1.94. The summed E-state index contributed by atoms with van der Waals surface area (Å²) in [5.41, 5.74) is 0. The van der Waals surface area contributed by atoms with Gasteiger partial charge >= 0.3 is 39.5 Å². The van der Waals surface area contributed by atoms with Crippen molar-refractivity contribution in [1.82, 2.24) is 0 Å². The summed E-state index contributed by atoms with van der Waals surface area (Å²) in [6.45, 7) is 9.54. The molecular weight excluding hydrogens is 1150 g/mol. The highest BCUT2D eigenvalue weighted by atomic mass is 31.2. The SMILES string of the molecule is CCCCCCCCCCCC(=O)O[C@H](COC(=O)CCCCCCCCCC)COP(=O)(O)OC[C@H](O)COP(=O)(O)OC[C@@H](COC(=O)CCCCCCCCCCC(C)CC)OC(=O)CCCCCCCCCCCCCCCCC(C)CC. The van der Waals surface area contributed by atoms with Crippen molar-refractivity contribution in [3.63, 3.8) is 0 Å². The number of hydrogen-bond donors (Lipinski definition) is 3. The monoisotopic (exact) mass is 1280 g/mol. The van der Waals surface area contributed by atoms with Crippen LogP contribution in [0.2, 0.25) is 0 Å². The van der Waals surface area contributed by atoms with E-state index in [-0.39, 0.29) is 25.7 Å². The van der Waals surface area contributed by atoms with Crippen molar-refractivity contribution in [1.29, 1.82) is 0 Å². The zero-order chi connectivity index (χ0) is 64.3. The van der Waals surface area contributed by atoms with Crippen LogP contribution in [0.1, 0.15) is 343 Å². The minimum atomic E-state index is -4.95. The summed E-state index contributed by atoms with van der Waals surface area (Å²) < 4.78 is 68.1. The molecule has 7 atom stereocenters. The summed E-state index contributed by atoms with van der Waals surface area (Å²) in [5, 5.41) is 10.6. The largest absolute Gasteiger partial charge is 0.472 e. The Morgan fingerprint density at radius 2 is 0.552 bits per heavy atom. The van der Waals surface area contributed by atoms with Gasteiger partial charge in [0.05, 0.1) is 26.4 Å². The van der Waals surface area contributed by atoms with Gasteiger partial charge in [-0.1, -0.05) is 292 Å². The molecule has 19 heteroatoms. The van der Waals surface area contributed by atoms with Crippen LogP contribution in [0.25, 0.3) is 0 Å². The van der Waals surface area contributed by atoms with Crippen LogP contribution in [0.15, 0.2) is 0 Å². The molecule has 0 aromatic rings. The Balaban J connectivity index is 5.20. The van der Waals surface area contributed by atoms with Gasteiger partial charge in [0.1, 0.15) is 19.3 Å². The fourth-order valence-corrected chi connectivity index (χ4v) is 11.8. The lowest BCUT2D eigenvalue weighted by Crippen LogP contribution is -2.30.